The van der Waals surface area contributed by atoms with E-state index >= 15 is 0 Å². The summed E-state index contributed by atoms with van der Waals surface area (Å²) in [6.07, 6.45) is -3.13. The maximum atomic E-state index is 13.0. The molecule has 2 fully saturated rings. The molecule has 1 aliphatic carbocycles. The van der Waals surface area contributed by atoms with E-state index in [0.717, 1.165) is 37.1 Å². The Balaban J connectivity index is 1.77. The van der Waals surface area contributed by atoms with Crippen LogP contribution in [0.3, 0.4) is 0 Å². The van der Waals surface area contributed by atoms with Gasteiger partial charge in [0.1, 0.15) is 0 Å². The molecule has 1 amide bonds. The number of hydrogen-bond acceptors (Lipinski definition) is 4. The monoisotopic (exact) mass is 420 g/mol. The van der Waals surface area contributed by atoms with Crippen LogP contribution in [0.5, 0.6) is 0 Å². The number of carbonyl (C=O) groups excluding carboxylic acids is 1. The molecule has 1 aromatic carbocycles. The number of rotatable bonds is 4. The van der Waals surface area contributed by atoms with Gasteiger partial charge in [0.15, 0.2) is 5.60 Å². The van der Waals surface area contributed by atoms with Gasteiger partial charge in [0.25, 0.3) is 0 Å². The summed E-state index contributed by atoms with van der Waals surface area (Å²) >= 11 is 0. The third-order valence-corrected chi connectivity index (χ3v) is 7.41. The van der Waals surface area contributed by atoms with Crippen molar-refractivity contribution in [2.45, 2.75) is 49.4 Å². The van der Waals surface area contributed by atoms with E-state index in [-0.39, 0.29) is 29.8 Å². The van der Waals surface area contributed by atoms with Gasteiger partial charge in [-0.05, 0) is 44.4 Å². The number of nitrogens with zero attached hydrogens (tertiary/aromatic N) is 2. The van der Waals surface area contributed by atoms with Crippen molar-refractivity contribution in [3.05, 3.63) is 29.8 Å². The summed E-state index contributed by atoms with van der Waals surface area (Å²) in [6, 6.07) is 3.63. The minimum atomic E-state index is -4.88. The largest absolute Gasteiger partial charge is 0.421 e. The molecule has 3 rings (SSSR count). The number of piperazine rings is 1. The molecule has 0 spiro atoms. The number of sulfonamides is 1. The van der Waals surface area contributed by atoms with Gasteiger partial charge in [-0.1, -0.05) is 12.1 Å². The number of alkyl halides is 3. The summed E-state index contributed by atoms with van der Waals surface area (Å²) in [5, 5.41) is 9.72. The summed E-state index contributed by atoms with van der Waals surface area (Å²) in [7, 11) is -3.93. The number of carbonyl (C=O) groups is 1. The van der Waals surface area contributed by atoms with Crippen LogP contribution < -0.4 is 0 Å². The Morgan fingerprint density at radius 1 is 1.14 bits per heavy atom. The maximum absolute atomic E-state index is 13.0. The molecular formula is C18H23F3N2O4S. The van der Waals surface area contributed by atoms with Crippen LogP contribution in [0.1, 0.15) is 32.3 Å². The second kappa shape index (κ2) is 7.00. The van der Waals surface area contributed by atoms with E-state index in [2.05, 4.69) is 0 Å². The Kier molecular flexibility index (Phi) is 5.26. The van der Waals surface area contributed by atoms with Crippen molar-refractivity contribution in [1.82, 2.24) is 9.21 Å². The molecule has 28 heavy (non-hydrogen) atoms. The first-order valence-electron chi connectivity index (χ1n) is 9.06. The van der Waals surface area contributed by atoms with Gasteiger partial charge in [-0.2, -0.15) is 17.5 Å². The minimum Gasteiger partial charge on any atom is -0.376 e. The van der Waals surface area contributed by atoms with E-state index in [0.29, 0.717) is 13.5 Å². The fraction of sp³-hybridized carbons (Fsp3) is 0.611. The lowest BCUT2D eigenvalue weighted by molar-refractivity contribution is -0.258. The van der Waals surface area contributed by atoms with Crippen molar-refractivity contribution in [3.8, 4) is 0 Å². The van der Waals surface area contributed by atoms with Crippen LogP contribution in [-0.4, -0.2) is 60.5 Å². The van der Waals surface area contributed by atoms with Crippen molar-refractivity contribution in [2.24, 2.45) is 5.92 Å². The number of amides is 1. The van der Waals surface area contributed by atoms with Crippen molar-refractivity contribution in [1.29, 1.82) is 0 Å². The molecule has 1 unspecified atom stereocenters. The van der Waals surface area contributed by atoms with Crippen LogP contribution in [0.15, 0.2) is 29.2 Å². The summed E-state index contributed by atoms with van der Waals surface area (Å²) in [5.41, 5.74) is -3.51. The molecule has 10 heteroatoms. The van der Waals surface area contributed by atoms with E-state index < -0.39 is 33.4 Å². The van der Waals surface area contributed by atoms with E-state index in [1.54, 1.807) is 11.8 Å². The lowest BCUT2D eigenvalue weighted by Gasteiger charge is -2.39. The van der Waals surface area contributed by atoms with Crippen molar-refractivity contribution < 1.29 is 31.5 Å². The van der Waals surface area contributed by atoms with E-state index in [4.69, 9.17) is 0 Å². The third kappa shape index (κ3) is 3.77. The SMILES string of the molecule is C[C@@H]1CN(C(=O)C2CC2)CCN1S(=O)(=O)c1ccc(C(C)(O)C(F)(F)F)cc1. The molecule has 0 aromatic heterocycles. The average Bonchev–Trinajstić information content (AvgIpc) is 3.45. The van der Waals surface area contributed by atoms with Gasteiger partial charge in [0.05, 0.1) is 4.90 Å². The van der Waals surface area contributed by atoms with Crippen LogP contribution in [0.2, 0.25) is 0 Å². The molecule has 0 bridgehead atoms. The Labute approximate surface area is 162 Å². The number of aliphatic hydroxyl groups is 1. The highest BCUT2D eigenvalue weighted by Crippen LogP contribution is 2.39. The molecule has 1 aromatic rings. The van der Waals surface area contributed by atoms with Gasteiger partial charge in [-0.15, -0.1) is 0 Å². The van der Waals surface area contributed by atoms with Crippen LogP contribution >= 0.6 is 0 Å². The molecule has 2 atom stereocenters. The zero-order chi connectivity index (χ0) is 20.9. The first kappa shape index (κ1) is 21.1. The van der Waals surface area contributed by atoms with Gasteiger partial charge < -0.3 is 10.0 Å². The molecule has 1 N–H and O–H groups in total. The molecule has 0 radical (unpaired) electrons. The van der Waals surface area contributed by atoms with Gasteiger partial charge in [0, 0.05) is 31.6 Å². The Bertz CT molecular complexity index is 849. The Hall–Kier alpha value is -1.65. The summed E-state index contributed by atoms with van der Waals surface area (Å²) < 4.78 is 65.9. The maximum Gasteiger partial charge on any atom is 0.421 e. The second-order valence-electron chi connectivity index (χ2n) is 7.62. The second-order valence-corrected chi connectivity index (χ2v) is 9.51. The fourth-order valence-corrected chi connectivity index (χ4v) is 4.95. The number of benzene rings is 1. The number of hydrogen-bond donors (Lipinski definition) is 1. The van der Waals surface area contributed by atoms with Crippen LogP contribution in [0, 0.1) is 5.92 Å². The van der Waals surface area contributed by atoms with Crippen molar-refractivity contribution in [3.63, 3.8) is 0 Å². The molecular weight excluding hydrogens is 397 g/mol. The standard InChI is InChI=1S/C18H23F3N2O4S/c1-12-11-22(16(24)13-3-4-13)9-10-23(12)28(26,27)15-7-5-14(6-8-15)17(2,25)18(19,20)21/h5-8,12-13,25H,3-4,9-11H2,1-2H3/t12-,17?/m1/s1. The average molecular weight is 420 g/mol. The van der Waals surface area contributed by atoms with Crippen LogP contribution in [0.4, 0.5) is 13.2 Å². The van der Waals surface area contributed by atoms with Gasteiger partial charge in [-0.3, -0.25) is 4.79 Å². The predicted molar refractivity (Wildman–Crippen MR) is 94.7 cm³/mol. The zero-order valence-corrected chi connectivity index (χ0v) is 16.4. The van der Waals surface area contributed by atoms with Gasteiger partial charge >= 0.3 is 6.18 Å². The van der Waals surface area contributed by atoms with Gasteiger partial charge in [-0.25, -0.2) is 8.42 Å². The molecule has 1 saturated heterocycles. The molecule has 156 valence electrons. The quantitative estimate of drug-likeness (QED) is 0.809. The highest BCUT2D eigenvalue weighted by atomic mass is 32.2. The summed E-state index contributed by atoms with van der Waals surface area (Å²) in [4.78, 5) is 13.7. The smallest absolute Gasteiger partial charge is 0.376 e. The van der Waals surface area contributed by atoms with E-state index in [1.165, 1.54) is 4.31 Å². The van der Waals surface area contributed by atoms with Crippen molar-refractivity contribution >= 4 is 15.9 Å². The molecule has 6 nitrogen and oxygen atoms in total. The minimum absolute atomic E-state index is 0.0580. The van der Waals surface area contributed by atoms with Gasteiger partial charge in [0.2, 0.25) is 15.9 Å². The lowest BCUT2D eigenvalue weighted by atomic mass is 9.96. The summed E-state index contributed by atoms with van der Waals surface area (Å²) in [5.74, 6) is 0.118. The first-order chi connectivity index (χ1) is 12.9. The Morgan fingerprint density at radius 3 is 2.18 bits per heavy atom. The van der Waals surface area contributed by atoms with Crippen LogP contribution in [0.25, 0.3) is 0 Å². The fourth-order valence-electron chi connectivity index (χ4n) is 3.34. The van der Waals surface area contributed by atoms with Crippen LogP contribution in [-0.2, 0) is 20.4 Å². The third-order valence-electron chi connectivity index (χ3n) is 5.38. The normalized spacial score (nSPS) is 24.1. The van der Waals surface area contributed by atoms with Crippen molar-refractivity contribution in [2.75, 3.05) is 19.6 Å². The molecule has 1 heterocycles. The number of halogens is 3. The predicted octanol–water partition coefficient (Wildman–Crippen LogP) is 2.09. The Morgan fingerprint density at radius 2 is 1.71 bits per heavy atom. The molecule has 1 aliphatic heterocycles. The van der Waals surface area contributed by atoms with E-state index in [9.17, 15) is 31.5 Å². The lowest BCUT2D eigenvalue weighted by Crippen LogP contribution is -2.55. The summed E-state index contributed by atoms with van der Waals surface area (Å²) in [6.45, 7) is 3.03. The zero-order valence-electron chi connectivity index (χ0n) is 15.6. The topological polar surface area (TPSA) is 77.9 Å². The van der Waals surface area contributed by atoms with E-state index in [1.807, 2.05) is 0 Å². The molecule has 2 aliphatic rings. The first-order valence-corrected chi connectivity index (χ1v) is 10.5. The highest BCUT2D eigenvalue weighted by molar-refractivity contribution is 7.89. The molecule has 1 saturated carbocycles. The highest BCUT2D eigenvalue weighted by Gasteiger charge is 2.51.